The third-order valence-corrected chi connectivity index (χ3v) is 5.48. The van der Waals surface area contributed by atoms with Crippen LogP contribution in [-0.2, 0) is 41.8 Å². The molecule has 4 rings (SSSR count). The Morgan fingerprint density at radius 1 is 1.14 bits per heavy atom. The van der Waals surface area contributed by atoms with E-state index in [-0.39, 0.29) is 54.4 Å². The molecule has 198 valence electrons. The molecule has 1 fully saturated rings. The lowest BCUT2D eigenvalue weighted by molar-refractivity contribution is -0.142. The van der Waals surface area contributed by atoms with Crippen molar-refractivity contribution in [2.24, 2.45) is 7.05 Å². The van der Waals surface area contributed by atoms with Crippen LogP contribution in [0.2, 0.25) is 0 Å². The number of pyridine rings is 1. The van der Waals surface area contributed by atoms with Crippen molar-refractivity contribution in [2.75, 3.05) is 13.2 Å². The molecule has 3 aromatic heterocycles. The van der Waals surface area contributed by atoms with Gasteiger partial charge in [0.05, 0.1) is 30.2 Å². The number of ketones is 1. The molecule has 0 aliphatic carbocycles. The molecule has 0 saturated carbocycles. The molecule has 0 amide bonds. The third-order valence-electron chi connectivity index (χ3n) is 5.48. The van der Waals surface area contributed by atoms with Gasteiger partial charge in [0.15, 0.2) is 5.69 Å². The number of rotatable bonds is 8. The average Bonchev–Trinajstić information content (AvgIpc) is 3.47. The molecule has 1 atom stereocenters. The number of halogens is 6. The Kier molecular flexibility index (Phi) is 7.48. The van der Waals surface area contributed by atoms with E-state index in [0.717, 1.165) is 10.7 Å². The molecular weight excluding hydrogens is 508 g/mol. The highest BCUT2D eigenvalue weighted by Crippen LogP contribution is 2.35. The number of hydrogen-bond donors (Lipinski definition) is 0. The predicted octanol–water partition coefficient (Wildman–Crippen LogP) is 4.22. The molecule has 37 heavy (non-hydrogen) atoms. The minimum absolute atomic E-state index is 0.0350. The third kappa shape index (κ3) is 6.81. The number of ether oxygens (including phenoxy) is 2. The Morgan fingerprint density at radius 2 is 1.92 bits per heavy atom. The molecule has 0 aromatic carbocycles. The lowest BCUT2D eigenvalue weighted by Crippen LogP contribution is -2.18. The average molecular weight is 529 g/mol. The maximum absolute atomic E-state index is 13.3. The lowest BCUT2D eigenvalue weighted by Gasteiger charge is -2.14. The van der Waals surface area contributed by atoms with Gasteiger partial charge in [0.1, 0.15) is 17.6 Å². The highest BCUT2D eigenvalue weighted by Gasteiger charge is 2.38. The molecule has 0 radical (unpaired) electrons. The van der Waals surface area contributed by atoms with Crippen LogP contribution >= 0.6 is 0 Å². The van der Waals surface area contributed by atoms with Crippen molar-refractivity contribution in [3.05, 3.63) is 53.1 Å². The Balaban J connectivity index is 1.41. The first kappa shape index (κ1) is 26.5. The van der Waals surface area contributed by atoms with Crippen LogP contribution in [0.5, 0.6) is 5.88 Å². The molecule has 1 aliphatic rings. The summed E-state index contributed by atoms with van der Waals surface area (Å²) in [5, 5.41) is 11.1. The molecule has 14 heteroatoms. The Bertz CT molecular complexity index is 1250. The first-order chi connectivity index (χ1) is 17.4. The van der Waals surface area contributed by atoms with Gasteiger partial charge in [0, 0.05) is 38.6 Å². The maximum atomic E-state index is 13.3. The summed E-state index contributed by atoms with van der Waals surface area (Å²) in [4.78, 5) is 16.0. The molecule has 0 spiro atoms. The van der Waals surface area contributed by atoms with Gasteiger partial charge in [0.2, 0.25) is 5.88 Å². The van der Waals surface area contributed by atoms with Crippen LogP contribution in [0.1, 0.15) is 35.5 Å². The fourth-order valence-corrected chi connectivity index (χ4v) is 3.75. The number of Topliss-reactive ketones (excluding diaryl/α,β-unsaturated/α-hetero) is 1. The zero-order valence-corrected chi connectivity index (χ0v) is 19.4. The van der Waals surface area contributed by atoms with Crippen LogP contribution in [0.15, 0.2) is 30.5 Å². The van der Waals surface area contributed by atoms with Crippen molar-refractivity contribution in [1.29, 1.82) is 0 Å². The molecule has 0 bridgehead atoms. The van der Waals surface area contributed by atoms with Crippen LogP contribution in [0.4, 0.5) is 26.3 Å². The monoisotopic (exact) mass is 529 g/mol. The first-order valence-electron chi connectivity index (χ1n) is 11.2. The normalized spacial score (nSPS) is 16.2. The summed E-state index contributed by atoms with van der Waals surface area (Å²) in [6, 6.07) is 4.88. The van der Waals surface area contributed by atoms with E-state index in [2.05, 4.69) is 20.3 Å². The summed E-state index contributed by atoms with van der Waals surface area (Å²) in [6.45, 7) is 0.675. The van der Waals surface area contributed by atoms with E-state index in [9.17, 15) is 31.1 Å². The van der Waals surface area contributed by atoms with E-state index in [4.69, 9.17) is 9.47 Å². The zero-order valence-electron chi connectivity index (χ0n) is 19.4. The predicted molar refractivity (Wildman–Crippen MR) is 115 cm³/mol. The number of aryl methyl sites for hydroxylation is 2. The van der Waals surface area contributed by atoms with E-state index in [1.807, 2.05) is 0 Å². The number of carbonyl (C=O) groups excluding carboxylic acids is 1. The van der Waals surface area contributed by atoms with Crippen LogP contribution in [-0.4, -0.2) is 50.1 Å². The summed E-state index contributed by atoms with van der Waals surface area (Å²) >= 11 is 0. The Morgan fingerprint density at radius 3 is 2.54 bits per heavy atom. The summed E-state index contributed by atoms with van der Waals surface area (Å²) in [5.41, 5.74) is -2.09. The summed E-state index contributed by atoms with van der Waals surface area (Å²) < 4.78 is 91.2. The smallest absolute Gasteiger partial charge is 0.435 e. The van der Waals surface area contributed by atoms with Crippen molar-refractivity contribution in [3.63, 3.8) is 0 Å². The fraction of sp³-hybridized carbons (Fsp3) is 0.435. The molecule has 3 aromatic rings. The van der Waals surface area contributed by atoms with Crippen LogP contribution < -0.4 is 4.74 Å². The topological polar surface area (TPSA) is 92.0 Å². The second-order valence-electron chi connectivity index (χ2n) is 8.49. The summed E-state index contributed by atoms with van der Waals surface area (Å²) in [5.74, 6) is -0.602. The van der Waals surface area contributed by atoms with Gasteiger partial charge in [-0.25, -0.2) is 4.98 Å². The van der Waals surface area contributed by atoms with Crippen LogP contribution in [0.3, 0.4) is 0 Å². The van der Waals surface area contributed by atoms with Gasteiger partial charge >= 0.3 is 12.4 Å². The van der Waals surface area contributed by atoms with Crippen molar-refractivity contribution in [1.82, 2.24) is 25.0 Å². The standard InChI is InChI=1S/C23H21F6N5O3/c1-34-11-17(21(33-34)23(27,28)29)18-5-3-14(31-32-18)2-4-15(35)8-13-9-19(22(24,25)26)30-20(10-13)37-16-6-7-36-12-16/h3,5,9-11,16H,2,4,6-8,12H2,1H3. The van der Waals surface area contributed by atoms with Crippen LogP contribution in [0, 0.1) is 0 Å². The molecular formula is C23H21F6N5O3. The number of aromatic nitrogens is 5. The molecule has 1 saturated heterocycles. The van der Waals surface area contributed by atoms with Gasteiger partial charge in [-0.1, -0.05) is 0 Å². The minimum atomic E-state index is -4.72. The number of carbonyl (C=O) groups is 1. The fourth-order valence-electron chi connectivity index (χ4n) is 3.75. The highest BCUT2D eigenvalue weighted by molar-refractivity contribution is 5.81. The van der Waals surface area contributed by atoms with E-state index in [1.54, 1.807) is 0 Å². The zero-order chi connectivity index (χ0) is 26.8. The van der Waals surface area contributed by atoms with E-state index in [0.29, 0.717) is 18.7 Å². The number of alkyl halides is 6. The molecule has 4 heterocycles. The second kappa shape index (κ2) is 10.4. The first-order valence-corrected chi connectivity index (χ1v) is 11.2. The van der Waals surface area contributed by atoms with E-state index in [1.165, 1.54) is 31.4 Å². The van der Waals surface area contributed by atoms with Gasteiger partial charge in [-0.15, -0.1) is 0 Å². The Hall–Kier alpha value is -3.55. The maximum Gasteiger partial charge on any atom is 0.435 e. The molecule has 8 nitrogen and oxygen atoms in total. The van der Waals surface area contributed by atoms with Crippen molar-refractivity contribution in [2.45, 2.75) is 44.1 Å². The summed E-state index contributed by atoms with van der Waals surface area (Å²) in [7, 11) is 1.35. The van der Waals surface area contributed by atoms with Crippen molar-refractivity contribution < 1.29 is 40.6 Å². The SMILES string of the molecule is Cn1cc(-c2ccc(CCC(=O)Cc3cc(OC4CCOC4)nc(C(F)(F)F)c3)nn2)c(C(F)(F)F)n1. The molecule has 1 aliphatic heterocycles. The van der Waals surface area contributed by atoms with E-state index >= 15 is 0 Å². The van der Waals surface area contributed by atoms with Crippen LogP contribution in [0.25, 0.3) is 11.3 Å². The second-order valence-corrected chi connectivity index (χ2v) is 8.49. The number of nitrogens with zero attached hydrogens (tertiary/aromatic N) is 5. The van der Waals surface area contributed by atoms with Gasteiger partial charge in [0.25, 0.3) is 0 Å². The van der Waals surface area contributed by atoms with Gasteiger partial charge in [-0.05, 0) is 30.2 Å². The Labute approximate surface area is 206 Å². The lowest BCUT2D eigenvalue weighted by atomic mass is 10.0. The van der Waals surface area contributed by atoms with Gasteiger partial charge < -0.3 is 9.47 Å². The molecule has 1 unspecified atom stereocenters. The number of hydrogen-bond acceptors (Lipinski definition) is 7. The van der Waals surface area contributed by atoms with Gasteiger partial charge in [-0.2, -0.15) is 41.6 Å². The largest absolute Gasteiger partial charge is 0.472 e. The minimum Gasteiger partial charge on any atom is -0.472 e. The highest BCUT2D eigenvalue weighted by atomic mass is 19.4. The van der Waals surface area contributed by atoms with Crippen molar-refractivity contribution in [3.8, 4) is 17.1 Å². The van der Waals surface area contributed by atoms with Crippen molar-refractivity contribution >= 4 is 5.78 Å². The van der Waals surface area contributed by atoms with E-state index < -0.39 is 29.8 Å². The summed E-state index contributed by atoms with van der Waals surface area (Å²) in [6.07, 6.45) is -8.36. The molecule has 0 N–H and O–H groups in total. The quantitative estimate of drug-likeness (QED) is 0.404. The van der Waals surface area contributed by atoms with Gasteiger partial charge in [-0.3, -0.25) is 9.48 Å².